The minimum atomic E-state index is 1.07. The second-order valence-electron chi connectivity index (χ2n) is 7.44. The summed E-state index contributed by atoms with van der Waals surface area (Å²) in [5.74, 6) is 1.07. The number of unbranched alkanes of at least 4 members (excludes halogenated alkanes) is 13. The molecule has 0 spiro atoms. The summed E-state index contributed by atoms with van der Waals surface area (Å²) in [6.07, 6.45) is 19.9. The molecule has 0 aromatic rings. The molecule has 24 heavy (non-hydrogen) atoms. The molecule has 0 aromatic carbocycles. The normalized spacial score (nSPS) is 11.8. The summed E-state index contributed by atoms with van der Waals surface area (Å²) in [4.78, 5) is 8.69. The Bertz CT molecular complexity index is 287. The van der Waals surface area contributed by atoms with Crippen molar-refractivity contribution >= 4 is 5.96 Å². The quantitative estimate of drug-likeness (QED) is 0.209. The summed E-state index contributed by atoms with van der Waals surface area (Å²) in [6.45, 7) is 3.40. The van der Waals surface area contributed by atoms with Crippen LogP contribution in [0.1, 0.15) is 96.8 Å². The van der Waals surface area contributed by atoms with Crippen molar-refractivity contribution in [1.29, 1.82) is 0 Å². The Morgan fingerprint density at radius 3 is 1.33 bits per heavy atom. The molecule has 0 aromatic heterocycles. The van der Waals surface area contributed by atoms with Gasteiger partial charge >= 0.3 is 0 Å². The highest BCUT2D eigenvalue weighted by molar-refractivity contribution is 5.79. The molecular weight excluding hydrogens is 294 g/mol. The van der Waals surface area contributed by atoms with Crippen molar-refractivity contribution in [3.05, 3.63) is 0 Å². The summed E-state index contributed by atoms with van der Waals surface area (Å²) in [7, 11) is 8.13. The van der Waals surface area contributed by atoms with Gasteiger partial charge in [0.2, 0.25) is 0 Å². The Labute approximate surface area is 152 Å². The molecule has 0 fully saturated rings. The average Bonchev–Trinajstić information content (AvgIpc) is 2.55. The predicted octanol–water partition coefficient (Wildman–Crippen LogP) is 5.95. The van der Waals surface area contributed by atoms with Crippen LogP contribution in [0.5, 0.6) is 0 Å². The maximum atomic E-state index is 4.34. The number of rotatable bonds is 15. The first-order chi connectivity index (χ1) is 11.6. The van der Waals surface area contributed by atoms with E-state index < -0.39 is 0 Å². The zero-order valence-corrected chi connectivity index (χ0v) is 17.4. The zero-order chi connectivity index (χ0) is 18.0. The molecule has 0 atom stereocenters. The summed E-state index contributed by atoms with van der Waals surface area (Å²) in [5, 5.41) is 0. The molecule has 0 unspecified atom stereocenters. The van der Waals surface area contributed by atoms with Gasteiger partial charge in [-0.25, -0.2) is 0 Å². The fraction of sp³-hybridized carbons (Fsp3) is 0.952. The third-order valence-electron chi connectivity index (χ3n) is 4.79. The first kappa shape index (κ1) is 23.3. The van der Waals surface area contributed by atoms with Gasteiger partial charge in [0.1, 0.15) is 0 Å². The molecule has 0 heterocycles. The smallest absolute Gasteiger partial charge is 0.195 e. The Balaban J connectivity index is 3.28. The van der Waals surface area contributed by atoms with Gasteiger partial charge < -0.3 is 9.80 Å². The SMILES string of the molecule is CCCCCCCCCCCCCCCCN(C)C(=NC)N(C)C. The molecule has 0 aliphatic heterocycles. The van der Waals surface area contributed by atoms with Gasteiger partial charge in [0, 0.05) is 34.7 Å². The van der Waals surface area contributed by atoms with Crippen molar-refractivity contribution in [3.8, 4) is 0 Å². The largest absolute Gasteiger partial charge is 0.349 e. The topological polar surface area (TPSA) is 18.8 Å². The van der Waals surface area contributed by atoms with Gasteiger partial charge in [0.05, 0.1) is 0 Å². The zero-order valence-electron chi connectivity index (χ0n) is 17.4. The molecule has 0 rings (SSSR count). The van der Waals surface area contributed by atoms with Crippen LogP contribution in [0.25, 0.3) is 0 Å². The first-order valence-corrected chi connectivity index (χ1v) is 10.5. The van der Waals surface area contributed by atoms with Crippen LogP contribution in [0.2, 0.25) is 0 Å². The van der Waals surface area contributed by atoms with E-state index in [0.717, 1.165) is 12.5 Å². The van der Waals surface area contributed by atoms with E-state index in [2.05, 4.69) is 42.9 Å². The molecular formula is C21H45N3. The van der Waals surface area contributed by atoms with Crippen molar-refractivity contribution in [1.82, 2.24) is 9.80 Å². The van der Waals surface area contributed by atoms with E-state index in [-0.39, 0.29) is 0 Å². The van der Waals surface area contributed by atoms with Gasteiger partial charge in [0.25, 0.3) is 0 Å². The predicted molar refractivity (Wildman–Crippen MR) is 110 cm³/mol. The van der Waals surface area contributed by atoms with Gasteiger partial charge in [-0.3, -0.25) is 4.99 Å². The second-order valence-corrected chi connectivity index (χ2v) is 7.44. The van der Waals surface area contributed by atoms with E-state index >= 15 is 0 Å². The van der Waals surface area contributed by atoms with E-state index in [1.54, 1.807) is 0 Å². The molecule has 0 amide bonds. The summed E-state index contributed by atoms with van der Waals surface area (Å²) >= 11 is 0. The maximum absolute atomic E-state index is 4.34. The third-order valence-corrected chi connectivity index (χ3v) is 4.79. The van der Waals surface area contributed by atoms with Crippen LogP contribution in [0.15, 0.2) is 4.99 Å². The highest BCUT2D eigenvalue weighted by atomic mass is 15.3. The van der Waals surface area contributed by atoms with Crippen molar-refractivity contribution in [2.45, 2.75) is 96.8 Å². The van der Waals surface area contributed by atoms with Crippen molar-refractivity contribution in [2.75, 3.05) is 34.7 Å². The van der Waals surface area contributed by atoms with Gasteiger partial charge in [0.15, 0.2) is 5.96 Å². The van der Waals surface area contributed by atoms with Crippen LogP contribution in [0.3, 0.4) is 0 Å². The highest BCUT2D eigenvalue weighted by Gasteiger charge is 2.06. The Morgan fingerprint density at radius 2 is 1.00 bits per heavy atom. The monoisotopic (exact) mass is 339 g/mol. The average molecular weight is 340 g/mol. The van der Waals surface area contributed by atoms with Crippen molar-refractivity contribution in [2.24, 2.45) is 4.99 Å². The molecule has 0 aliphatic carbocycles. The van der Waals surface area contributed by atoms with E-state index in [4.69, 9.17) is 0 Å². The standard InChI is InChI=1S/C21H45N3/c1-6-7-8-9-10-11-12-13-14-15-16-17-18-19-20-24(5)21(22-2)23(3)4/h6-20H2,1-5H3. The number of guanidine groups is 1. The molecule has 0 N–H and O–H groups in total. The van der Waals surface area contributed by atoms with Crippen molar-refractivity contribution < 1.29 is 0 Å². The summed E-state index contributed by atoms with van der Waals surface area (Å²) in [5.41, 5.74) is 0. The van der Waals surface area contributed by atoms with E-state index in [1.165, 1.54) is 89.9 Å². The second kappa shape index (κ2) is 17.1. The number of hydrogen-bond donors (Lipinski definition) is 0. The molecule has 0 bridgehead atoms. The molecule has 3 nitrogen and oxygen atoms in total. The fourth-order valence-corrected chi connectivity index (χ4v) is 3.36. The molecule has 144 valence electrons. The van der Waals surface area contributed by atoms with E-state index in [1.807, 2.05) is 7.05 Å². The van der Waals surface area contributed by atoms with Crippen LogP contribution in [-0.2, 0) is 0 Å². The maximum Gasteiger partial charge on any atom is 0.195 e. The summed E-state index contributed by atoms with van der Waals surface area (Å²) < 4.78 is 0. The van der Waals surface area contributed by atoms with Crippen LogP contribution in [-0.4, -0.2) is 50.5 Å². The Morgan fingerprint density at radius 1 is 0.625 bits per heavy atom. The minimum Gasteiger partial charge on any atom is -0.349 e. The van der Waals surface area contributed by atoms with Crippen LogP contribution < -0.4 is 0 Å². The van der Waals surface area contributed by atoms with Crippen LogP contribution >= 0.6 is 0 Å². The fourth-order valence-electron chi connectivity index (χ4n) is 3.36. The lowest BCUT2D eigenvalue weighted by Crippen LogP contribution is -2.38. The van der Waals surface area contributed by atoms with Gasteiger partial charge in [-0.15, -0.1) is 0 Å². The van der Waals surface area contributed by atoms with Gasteiger partial charge in [-0.05, 0) is 6.42 Å². The van der Waals surface area contributed by atoms with Crippen molar-refractivity contribution in [3.63, 3.8) is 0 Å². The third kappa shape index (κ3) is 13.7. The molecule has 0 saturated carbocycles. The van der Waals surface area contributed by atoms with E-state index in [9.17, 15) is 0 Å². The number of aliphatic imine (C=N–C) groups is 1. The molecule has 3 heteroatoms. The summed E-state index contributed by atoms with van der Waals surface area (Å²) in [6, 6.07) is 0. The molecule has 0 radical (unpaired) electrons. The van der Waals surface area contributed by atoms with Gasteiger partial charge in [-0.1, -0.05) is 90.4 Å². The lowest BCUT2D eigenvalue weighted by atomic mass is 10.0. The lowest BCUT2D eigenvalue weighted by Gasteiger charge is -2.26. The molecule has 0 aliphatic rings. The van der Waals surface area contributed by atoms with E-state index in [0.29, 0.717) is 0 Å². The first-order valence-electron chi connectivity index (χ1n) is 10.5. The molecule has 0 saturated heterocycles. The number of nitrogens with zero attached hydrogens (tertiary/aromatic N) is 3. The number of hydrogen-bond acceptors (Lipinski definition) is 1. The lowest BCUT2D eigenvalue weighted by molar-refractivity contribution is 0.406. The van der Waals surface area contributed by atoms with Gasteiger partial charge in [-0.2, -0.15) is 0 Å². The van der Waals surface area contributed by atoms with Crippen LogP contribution in [0.4, 0.5) is 0 Å². The Kier molecular flexibility index (Phi) is 16.6. The highest BCUT2D eigenvalue weighted by Crippen LogP contribution is 2.13. The minimum absolute atomic E-state index is 1.07. The van der Waals surface area contributed by atoms with Crippen LogP contribution in [0, 0.1) is 0 Å². The Hall–Kier alpha value is -0.730.